The van der Waals surface area contributed by atoms with Crippen LogP contribution in [-0.2, 0) is 4.74 Å². The number of ether oxygens (including phenoxy) is 1. The van der Waals surface area contributed by atoms with Gasteiger partial charge < -0.3 is 19.6 Å². The van der Waals surface area contributed by atoms with Crippen molar-refractivity contribution in [2.75, 3.05) is 31.1 Å². The van der Waals surface area contributed by atoms with Crippen molar-refractivity contribution in [3.05, 3.63) is 28.4 Å². The molecule has 1 N–H and O–H groups in total. The fourth-order valence-corrected chi connectivity index (χ4v) is 4.40. The Hall–Kier alpha value is -2.88. The molecule has 174 valence electrons. The topological polar surface area (TPSA) is 114 Å². The van der Waals surface area contributed by atoms with E-state index >= 15 is 0 Å². The molecule has 0 spiro atoms. The summed E-state index contributed by atoms with van der Waals surface area (Å²) >= 11 is 0. The van der Waals surface area contributed by atoms with Crippen molar-refractivity contribution in [2.24, 2.45) is 0 Å². The molecule has 0 atom stereocenters. The lowest BCUT2D eigenvalue weighted by Gasteiger charge is -2.33. The highest BCUT2D eigenvalue weighted by Crippen LogP contribution is 2.35. The molecule has 3 heterocycles. The number of benzene rings is 1. The van der Waals surface area contributed by atoms with Gasteiger partial charge in [0.05, 0.1) is 22.6 Å². The van der Waals surface area contributed by atoms with E-state index in [-0.39, 0.29) is 28.8 Å². The van der Waals surface area contributed by atoms with Crippen LogP contribution in [0.5, 0.6) is 0 Å². The number of nitro groups is 1. The van der Waals surface area contributed by atoms with Gasteiger partial charge in [0.2, 0.25) is 0 Å². The summed E-state index contributed by atoms with van der Waals surface area (Å²) in [5.41, 5.74) is 0.811. The normalized spacial score (nSPS) is 18.9. The lowest BCUT2D eigenvalue weighted by molar-refractivity contribution is -0.384. The van der Waals surface area contributed by atoms with Crippen LogP contribution in [0.1, 0.15) is 52.5 Å². The van der Waals surface area contributed by atoms with E-state index in [0.29, 0.717) is 50.2 Å². The second kappa shape index (κ2) is 8.57. The third-order valence-electron chi connectivity index (χ3n) is 6.11. The molecule has 4 rings (SSSR count). The monoisotopic (exact) mass is 445 g/mol. The Labute approximate surface area is 186 Å². The molecule has 32 heavy (non-hydrogen) atoms. The molecule has 1 aromatic heterocycles. The Balaban J connectivity index is 1.51. The Morgan fingerprint density at radius 3 is 2.41 bits per heavy atom. The lowest BCUT2D eigenvalue weighted by Crippen LogP contribution is -2.42. The lowest BCUT2D eigenvalue weighted by atomic mass is 10.1. The molecule has 1 aromatic carbocycles. The molecule has 0 aliphatic carbocycles. The number of hydrogen-bond acceptors (Lipinski definition) is 7. The second-order valence-electron chi connectivity index (χ2n) is 9.68. The van der Waals surface area contributed by atoms with Gasteiger partial charge in [-0.15, -0.1) is 0 Å². The third kappa shape index (κ3) is 4.79. The van der Waals surface area contributed by atoms with E-state index in [4.69, 9.17) is 9.84 Å². The predicted octanol–water partition coefficient (Wildman–Crippen LogP) is 3.48. The van der Waals surface area contributed by atoms with Gasteiger partial charge in [-0.1, -0.05) is 0 Å². The number of rotatable bonds is 3. The van der Waals surface area contributed by atoms with Crippen LogP contribution in [-0.4, -0.2) is 68.7 Å². The van der Waals surface area contributed by atoms with E-state index in [0.717, 1.165) is 18.2 Å². The maximum atomic E-state index is 12.3. The number of aliphatic hydroxyl groups is 1. The first-order valence-electron chi connectivity index (χ1n) is 11.2. The SMILES string of the molecule is CC(C)(C)OC(=O)N1CCC(n2cc3cc([N+](=O)[O-])c(N4CCC(O)CC4)cc3n2)CC1. The van der Waals surface area contributed by atoms with Gasteiger partial charge in [0.1, 0.15) is 11.3 Å². The first-order valence-corrected chi connectivity index (χ1v) is 11.2. The van der Waals surface area contributed by atoms with E-state index in [1.54, 1.807) is 17.0 Å². The van der Waals surface area contributed by atoms with Crippen LogP contribution in [0, 0.1) is 10.1 Å². The number of likely N-dealkylation sites (tertiary alicyclic amines) is 1. The van der Waals surface area contributed by atoms with Crippen LogP contribution in [0.2, 0.25) is 0 Å². The number of carbonyl (C=O) groups excluding carboxylic acids is 1. The van der Waals surface area contributed by atoms with Crippen molar-refractivity contribution in [1.29, 1.82) is 0 Å². The van der Waals surface area contributed by atoms with E-state index < -0.39 is 5.60 Å². The molecule has 2 fully saturated rings. The van der Waals surface area contributed by atoms with Crippen LogP contribution < -0.4 is 4.90 Å². The van der Waals surface area contributed by atoms with Crippen molar-refractivity contribution >= 4 is 28.4 Å². The molecule has 2 saturated heterocycles. The molecular weight excluding hydrogens is 414 g/mol. The van der Waals surface area contributed by atoms with Crippen LogP contribution >= 0.6 is 0 Å². The number of nitrogens with zero attached hydrogens (tertiary/aromatic N) is 5. The number of aromatic nitrogens is 2. The summed E-state index contributed by atoms with van der Waals surface area (Å²) in [6.45, 7) is 7.88. The number of nitro benzene ring substituents is 1. The largest absolute Gasteiger partial charge is 0.444 e. The summed E-state index contributed by atoms with van der Waals surface area (Å²) in [5, 5.41) is 27.0. The molecule has 2 aromatic rings. The van der Waals surface area contributed by atoms with Crippen molar-refractivity contribution in [2.45, 2.75) is 64.2 Å². The van der Waals surface area contributed by atoms with Crippen molar-refractivity contribution < 1.29 is 19.6 Å². The van der Waals surface area contributed by atoms with Gasteiger partial charge in [0.25, 0.3) is 5.69 Å². The van der Waals surface area contributed by atoms with Crippen molar-refractivity contribution in [3.63, 3.8) is 0 Å². The smallest absolute Gasteiger partial charge is 0.410 e. The van der Waals surface area contributed by atoms with E-state index in [2.05, 4.69) is 0 Å². The number of piperidine rings is 2. The highest BCUT2D eigenvalue weighted by Gasteiger charge is 2.29. The molecule has 0 radical (unpaired) electrons. The van der Waals surface area contributed by atoms with Gasteiger partial charge in [0.15, 0.2) is 0 Å². The average molecular weight is 446 g/mol. The summed E-state index contributed by atoms with van der Waals surface area (Å²) in [7, 11) is 0. The van der Waals surface area contributed by atoms with Crippen LogP contribution in [0.4, 0.5) is 16.2 Å². The number of amides is 1. The summed E-state index contributed by atoms with van der Waals surface area (Å²) in [4.78, 5) is 27.4. The molecule has 0 unspecified atom stereocenters. The van der Waals surface area contributed by atoms with Gasteiger partial charge in [-0.2, -0.15) is 5.10 Å². The Morgan fingerprint density at radius 2 is 1.81 bits per heavy atom. The van der Waals surface area contributed by atoms with Crippen LogP contribution in [0.15, 0.2) is 18.3 Å². The van der Waals surface area contributed by atoms with Gasteiger partial charge in [0, 0.05) is 43.8 Å². The molecule has 1 amide bonds. The highest BCUT2D eigenvalue weighted by molar-refractivity contribution is 5.87. The van der Waals surface area contributed by atoms with Gasteiger partial charge in [-0.25, -0.2) is 4.79 Å². The number of fused-ring (bicyclic) bond motifs is 1. The van der Waals surface area contributed by atoms with Crippen LogP contribution in [0.25, 0.3) is 10.9 Å². The molecular formula is C22H31N5O5. The molecule has 2 aliphatic rings. The maximum absolute atomic E-state index is 12.3. The van der Waals surface area contributed by atoms with Gasteiger partial charge >= 0.3 is 6.09 Å². The second-order valence-corrected chi connectivity index (χ2v) is 9.68. The van der Waals surface area contributed by atoms with Gasteiger partial charge in [-0.05, 0) is 52.5 Å². The molecule has 0 bridgehead atoms. The standard InChI is InChI=1S/C22H31N5O5/c1-22(2,3)32-21(29)25-8-4-16(5-9-25)26-14-15-12-20(27(30)31)19(13-18(15)23-26)24-10-6-17(28)7-11-24/h12-14,16-17,28H,4-11H2,1-3H3. The Morgan fingerprint density at radius 1 is 1.16 bits per heavy atom. The quantitative estimate of drug-likeness (QED) is 0.568. The zero-order valence-electron chi connectivity index (χ0n) is 18.9. The molecule has 2 aliphatic heterocycles. The minimum Gasteiger partial charge on any atom is -0.444 e. The highest BCUT2D eigenvalue weighted by atomic mass is 16.6. The minimum atomic E-state index is -0.521. The summed E-state index contributed by atoms with van der Waals surface area (Å²) in [5.74, 6) is 0. The van der Waals surface area contributed by atoms with E-state index in [1.165, 1.54) is 0 Å². The van der Waals surface area contributed by atoms with Gasteiger partial charge in [-0.3, -0.25) is 14.8 Å². The Bertz CT molecular complexity index is 998. The molecule has 10 nitrogen and oxygen atoms in total. The molecule has 0 saturated carbocycles. The zero-order valence-corrected chi connectivity index (χ0v) is 18.9. The van der Waals surface area contributed by atoms with E-state index in [1.807, 2.05) is 36.5 Å². The predicted molar refractivity (Wildman–Crippen MR) is 120 cm³/mol. The third-order valence-corrected chi connectivity index (χ3v) is 6.11. The average Bonchev–Trinajstić information content (AvgIpc) is 3.15. The minimum absolute atomic E-state index is 0.0631. The number of hydrogen-bond donors (Lipinski definition) is 1. The Kier molecular flexibility index (Phi) is 5.98. The fourth-order valence-electron chi connectivity index (χ4n) is 4.40. The van der Waals surface area contributed by atoms with E-state index in [9.17, 15) is 20.0 Å². The first-order chi connectivity index (χ1) is 15.1. The molecule has 10 heteroatoms. The fraction of sp³-hybridized carbons (Fsp3) is 0.636. The summed E-state index contributed by atoms with van der Waals surface area (Å²) < 4.78 is 7.34. The first kappa shape index (κ1) is 22.3. The summed E-state index contributed by atoms with van der Waals surface area (Å²) in [6, 6.07) is 3.50. The van der Waals surface area contributed by atoms with Crippen LogP contribution in [0.3, 0.4) is 0 Å². The zero-order chi connectivity index (χ0) is 23.0. The van der Waals surface area contributed by atoms with Crippen molar-refractivity contribution in [1.82, 2.24) is 14.7 Å². The number of aliphatic hydroxyl groups excluding tert-OH is 1. The van der Waals surface area contributed by atoms with Crippen molar-refractivity contribution in [3.8, 4) is 0 Å². The number of anilines is 1. The number of carbonyl (C=O) groups is 1. The summed E-state index contributed by atoms with van der Waals surface area (Å²) in [6.07, 6.45) is 3.89. The maximum Gasteiger partial charge on any atom is 0.410 e.